The molecule has 0 atom stereocenters. The first-order valence-corrected chi connectivity index (χ1v) is 16.8. The fraction of sp³-hybridized carbons (Fsp3) is 0. The van der Waals surface area contributed by atoms with Crippen LogP contribution >= 0.6 is 0 Å². The van der Waals surface area contributed by atoms with Crippen LogP contribution in [0, 0.1) is 0 Å². The highest BCUT2D eigenvalue weighted by atomic mass is 16.3. The molecule has 0 aliphatic heterocycles. The molecule has 7 aromatic carbocycles. The summed E-state index contributed by atoms with van der Waals surface area (Å²) < 4.78 is 8.54. The second kappa shape index (κ2) is 11.4. The van der Waals surface area contributed by atoms with Crippen molar-refractivity contribution in [1.29, 1.82) is 0 Å². The summed E-state index contributed by atoms with van der Waals surface area (Å²) >= 11 is 0. The van der Waals surface area contributed by atoms with Gasteiger partial charge in [-0.2, -0.15) is 0 Å². The molecule has 3 heterocycles. The van der Waals surface area contributed by atoms with E-state index in [0.29, 0.717) is 5.82 Å². The van der Waals surface area contributed by atoms with Crippen LogP contribution < -0.4 is 0 Å². The van der Waals surface area contributed by atoms with Crippen LogP contribution in [-0.2, 0) is 0 Å². The van der Waals surface area contributed by atoms with Gasteiger partial charge in [0.05, 0.1) is 28.1 Å². The molecule has 50 heavy (non-hydrogen) atoms. The van der Waals surface area contributed by atoms with E-state index in [-0.39, 0.29) is 0 Å². The van der Waals surface area contributed by atoms with Crippen LogP contribution in [0.4, 0.5) is 0 Å². The number of hydrogen-bond donors (Lipinski definition) is 0. The summed E-state index contributed by atoms with van der Waals surface area (Å²) in [5, 5.41) is 4.72. The summed E-state index contributed by atoms with van der Waals surface area (Å²) in [5.74, 6) is 0.689. The lowest BCUT2D eigenvalue weighted by atomic mass is 10.00. The van der Waals surface area contributed by atoms with E-state index >= 15 is 0 Å². The van der Waals surface area contributed by atoms with Crippen LogP contribution in [0.25, 0.3) is 94.5 Å². The van der Waals surface area contributed by atoms with Crippen molar-refractivity contribution in [3.05, 3.63) is 176 Å². The van der Waals surface area contributed by atoms with Gasteiger partial charge < -0.3 is 8.98 Å². The first kappa shape index (κ1) is 28.3. The molecule has 0 amide bonds. The molecule has 0 bridgehead atoms. The Kier molecular flexibility index (Phi) is 6.46. The molecule has 4 heteroatoms. The zero-order chi connectivity index (χ0) is 33.0. The van der Waals surface area contributed by atoms with Crippen molar-refractivity contribution in [2.75, 3.05) is 0 Å². The Labute approximate surface area is 288 Å². The summed E-state index contributed by atoms with van der Waals surface area (Å²) in [5.41, 5.74) is 12.2. The smallest absolute Gasteiger partial charge is 0.160 e. The van der Waals surface area contributed by atoms with E-state index in [1.807, 2.05) is 30.3 Å². The highest BCUT2D eigenvalue weighted by Crippen LogP contribution is 2.38. The number of hydrogen-bond acceptors (Lipinski definition) is 3. The highest BCUT2D eigenvalue weighted by Gasteiger charge is 2.18. The molecule has 234 valence electrons. The number of fused-ring (bicyclic) bond motifs is 6. The molecular weight excluding hydrogens is 611 g/mol. The number of aromatic nitrogens is 3. The van der Waals surface area contributed by atoms with E-state index in [9.17, 15) is 0 Å². The minimum atomic E-state index is 0.689. The molecule has 0 N–H and O–H groups in total. The highest BCUT2D eigenvalue weighted by molar-refractivity contribution is 6.10. The molecular formula is C46H29N3O. The zero-order valence-corrected chi connectivity index (χ0v) is 27.0. The van der Waals surface area contributed by atoms with Gasteiger partial charge in [-0.05, 0) is 53.6 Å². The molecule has 0 saturated carbocycles. The van der Waals surface area contributed by atoms with E-state index in [1.54, 1.807) is 0 Å². The first-order valence-electron chi connectivity index (χ1n) is 16.8. The monoisotopic (exact) mass is 639 g/mol. The lowest BCUT2D eigenvalue weighted by Gasteiger charge is -2.15. The van der Waals surface area contributed by atoms with Crippen LogP contribution in [0.3, 0.4) is 0 Å². The average Bonchev–Trinajstić information content (AvgIpc) is 3.73. The van der Waals surface area contributed by atoms with Crippen molar-refractivity contribution in [3.63, 3.8) is 0 Å². The summed E-state index contributed by atoms with van der Waals surface area (Å²) in [6.07, 6.45) is 0. The maximum Gasteiger partial charge on any atom is 0.160 e. The zero-order valence-electron chi connectivity index (χ0n) is 27.0. The molecule has 0 unspecified atom stereocenters. The lowest BCUT2D eigenvalue weighted by Crippen LogP contribution is -2.00. The fourth-order valence-corrected chi connectivity index (χ4v) is 7.26. The van der Waals surface area contributed by atoms with Crippen LogP contribution in [0.15, 0.2) is 180 Å². The molecule has 10 aromatic rings. The van der Waals surface area contributed by atoms with Gasteiger partial charge in [0.2, 0.25) is 0 Å². The van der Waals surface area contributed by atoms with Gasteiger partial charge in [-0.15, -0.1) is 0 Å². The van der Waals surface area contributed by atoms with Gasteiger partial charge in [0.25, 0.3) is 0 Å². The first-order chi connectivity index (χ1) is 24.8. The number of para-hydroxylation sites is 4. The largest absolute Gasteiger partial charge is 0.456 e. The van der Waals surface area contributed by atoms with Crippen molar-refractivity contribution in [1.82, 2.24) is 14.5 Å². The summed E-state index contributed by atoms with van der Waals surface area (Å²) in [4.78, 5) is 10.3. The van der Waals surface area contributed by atoms with Gasteiger partial charge in [0.15, 0.2) is 5.82 Å². The van der Waals surface area contributed by atoms with Gasteiger partial charge in [0, 0.05) is 38.2 Å². The van der Waals surface area contributed by atoms with Gasteiger partial charge >= 0.3 is 0 Å². The minimum Gasteiger partial charge on any atom is -0.456 e. The predicted octanol–water partition coefficient (Wildman–Crippen LogP) is 12.1. The fourth-order valence-electron chi connectivity index (χ4n) is 7.26. The minimum absolute atomic E-state index is 0.689. The lowest BCUT2D eigenvalue weighted by molar-refractivity contribution is 0.669. The van der Waals surface area contributed by atoms with Gasteiger partial charge in [-0.3, -0.25) is 0 Å². The molecule has 3 aromatic heterocycles. The Balaban J connectivity index is 1.11. The van der Waals surface area contributed by atoms with Crippen LogP contribution in [-0.4, -0.2) is 14.5 Å². The second-order valence-corrected chi connectivity index (χ2v) is 12.6. The Morgan fingerprint density at radius 2 is 0.960 bits per heavy atom. The number of furan rings is 1. The summed E-state index contributed by atoms with van der Waals surface area (Å²) in [6.45, 7) is 0. The van der Waals surface area contributed by atoms with Gasteiger partial charge in [-0.25, -0.2) is 9.97 Å². The molecule has 0 fully saturated rings. The average molecular weight is 640 g/mol. The van der Waals surface area contributed by atoms with Crippen LogP contribution in [0.2, 0.25) is 0 Å². The van der Waals surface area contributed by atoms with E-state index in [1.165, 1.54) is 10.8 Å². The SMILES string of the molecule is c1ccc(-c2nc(-c3ccc(-c4ccc5c(c4)oc4ccccc45)cc3)cc(-c3ccccc3-n3c4ccccc4c4ccccc43)n2)cc1. The van der Waals surface area contributed by atoms with Crippen molar-refractivity contribution < 1.29 is 4.42 Å². The van der Waals surface area contributed by atoms with E-state index in [4.69, 9.17) is 14.4 Å². The molecule has 0 aliphatic carbocycles. The molecule has 0 radical (unpaired) electrons. The third kappa shape index (κ3) is 4.61. The van der Waals surface area contributed by atoms with Gasteiger partial charge in [-0.1, -0.05) is 133 Å². The number of rotatable bonds is 5. The van der Waals surface area contributed by atoms with Gasteiger partial charge in [0.1, 0.15) is 11.2 Å². The van der Waals surface area contributed by atoms with E-state index in [0.717, 1.165) is 77.9 Å². The number of nitrogens with zero attached hydrogens (tertiary/aromatic N) is 3. The summed E-state index contributed by atoms with van der Waals surface area (Å²) in [6, 6.07) is 61.4. The molecule has 0 spiro atoms. The Bertz CT molecular complexity index is 2810. The van der Waals surface area contributed by atoms with Crippen molar-refractivity contribution >= 4 is 43.7 Å². The van der Waals surface area contributed by atoms with Crippen LogP contribution in [0.1, 0.15) is 0 Å². The van der Waals surface area contributed by atoms with Crippen molar-refractivity contribution in [3.8, 4) is 50.7 Å². The van der Waals surface area contributed by atoms with E-state index in [2.05, 4.69) is 150 Å². The maximum atomic E-state index is 6.18. The standard InChI is InChI=1S/C46H29N3O/c1-2-12-32(13-3-1)46-47-39(31-24-22-30(23-25-31)33-26-27-37-36-16-7-11-21-44(36)50-45(37)28-33)29-40(48-46)38-17-6-10-20-43(38)49-41-18-8-4-14-34(41)35-15-5-9-19-42(35)49/h1-29H. The molecule has 4 nitrogen and oxygen atoms in total. The third-order valence-electron chi connectivity index (χ3n) is 9.65. The third-order valence-corrected chi connectivity index (χ3v) is 9.65. The Morgan fingerprint density at radius 1 is 0.380 bits per heavy atom. The Hall–Kier alpha value is -6.78. The Morgan fingerprint density at radius 3 is 1.74 bits per heavy atom. The molecule has 0 saturated heterocycles. The van der Waals surface area contributed by atoms with Crippen molar-refractivity contribution in [2.45, 2.75) is 0 Å². The maximum absolute atomic E-state index is 6.18. The number of benzene rings is 7. The topological polar surface area (TPSA) is 43.9 Å². The van der Waals surface area contributed by atoms with E-state index < -0.39 is 0 Å². The summed E-state index contributed by atoms with van der Waals surface area (Å²) in [7, 11) is 0. The normalized spacial score (nSPS) is 11.6. The quantitative estimate of drug-likeness (QED) is 0.188. The second-order valence-electron chi connectivity index (χ2n) is 12.6. The van der Waals surface area contributed by atoms with Crippen LogP contribution in [0.5, 0.6) is 0 Å². The molecule has 0 aliphatic rings. The molecule has 10 rings (SSSR count). The predicted molar refractivity (Wildman–Crippen MR) is 205 cm³/mol. The van der Waals surface area contributed by atoms with Crippen molar-refractivity contribution in [2.24, 2.45) is 0 Å².